The second-order valence-electron chi connectivity index (χ2n) is 7.29. The average Bonchev–Trinajstić information content (AvgIpc) is 2.73. The quantitative estimate of drug-likeness (QED) is 0.591. The van der Waals surface area contributed by atoms with Gasteiger partial charge < -0.3 is 19.6 Å². The Kier molecular flexibility index (Phi) is 6.82. The zero-order valence-electron chi connectivity index (χ0n) is 17.5. The number of hydrogen-bond donors (Lipinski definition) is 2. The van der Waals surface area contributed by atoms with Crippen molar-refractivity contribution in [2.75, 3.05) is 19.3 Å². The lowest BCUT2D eigenvalue weighted by Gasteiger charge is -2.30. The van der Waals surface area contributed by atoms with Gasteiger partial charge in [-0.15, -0.1) is 0 Å². The molecule has 1 aliphatic rings. The SMILES string of the molecule is C=C(NOc1ncnc(OC2CCN(C(=O)O)CC2)c1C)c1ccc(S(C)(=O)=O)cc1F. The number of hydroxylamine groups is 1. The minimum Gasteiger partial charge on any atom is -0.474 e. The number of aromatic nitrogens is 2. The van der Waals surface area contributed by atoms with Crippen LogP contribution in [-0.2, 0) is 9.84 Å². The first-order valence-electron chi connectivity index (χ1n) is 9.64. The van der Waals surface area contributed by atoms with Gasteiger partial charge in [0.15, 0.2) is 9.84 Å². The highest BCUT2D eigenvalue weighted by molar-refractivity contribution is 7.90. The number of likely N-dealkylation sites (tertiary alicyclic amines) is 1. The van der Waals surface area contributed by atoms with Crippen molar-refractivity contribution >= 4 is 21.6 Å². The Balaban J connectivity index is 1.64. The average molecular weight is 466 g/mol. The molecule has 0 atom stereocenters. The van der Waals surface area contributed by atoms with E-state index in [9.17, 15) is 17.6 Å². The van der Waals surface area contributed by atoms with Gasteiger partial charge in [0.1, 0.15) is 18.2 Å². The normalized spacial score (nSPS) is 14.7. The van der Waals surface area contributed by atoms with Crippen LogP contribution in [0.1, 0.15) is 24.0 Å². The molecule has 1 aliphatic heterocycles. The van der Waals surface area contributed by atoms with Crippen LogP contribution in [0.15, 0.2) is 36.0 Å². The van der Waals surface area contributed by atoms with Gasteiger partial charge in [-0.3, -0.25) is 0 Å². The van der Waals surface area contributed by atoms with Gasteiger partial charge in [0.05, 0.1) is 16.2 Å². The van der Waals surface area contributed by atoms with Crippen LogP contribution < -0.4 is 15.1 Å². The van der Waals surface area contributed by atoms with E-state index in [0.29, 0.717) is 37.4 Å². The monoisotopic (exact) mass is 466 g/mol. The van der Waals surface area contributed by atoms with Crippen LogP contribution >= 0.6 is 0 Å². The standard InChI is InChI=1S/C20H23FN4O6S/c1-12-18(30-14-6-8-25(9-7-14)20(26)27)22-11-23-19(12)31-24-13(2)16-5-4-15(10-17(16)21)32(3,28)29/h4-5,10-11,14,24H,2,6-9H2,1,3H3,(H,26,27). The Morgan fingerprint density at radius 2 is 1.94 bits per heavy atom. The predicted molar refractivity (Wildman–Crippen MR) is 112 cm³/mol. The van der Waals surface area contributed by atoms with E-state index in [-0.39, 0.29) is 28.1 Å². The largest absolute Gasteiger partial charge is 0.474 e. The minimum atomic E-state index is -3.54. The summed E-state index contributed by atoms with van der Waals surface area (Å²) < 4.78 is 43.3. The summed E-state index contributed by atoms with van der Waals surface area (Å²) >= 11 is 0. The second-order valence-corrected chi connectivity index (χ2v) is 9.31. The van der Waals surface area contributed by atoms with Crippen LogP contribution in [-0.4, -0.2) is 59.9 Å². The van der Waals surface area contributed by atoms with Crippen LogP contribution in [0.2, 0.25) is 0 Å². The van der Waals surface area contributed by atoms with Crippen LogP contribution in [0.3, 0.4) is 0 Å². The van der Waals surface area contributed by atoms with Crippen LogP contribution in [0.5, 0.6) is 11.8 Å². The van der Waals surface area contributed by atoms with Crippen molar-refractivity contribution < 1.29 is 32.3 Å². The summed E-state index contributed by atoms with van der Waals surface area (Å²) in [6.45, 7) is 6.14. The number of amides is 1. The van der Waals surface area contributed by atoms with E-state index in [1.807, 2.05) is 0 Å². The van der Waals surface area contributed by atoms with Crippen molar-refractivity contribution in [2.45, 2.75) is 30.8 Å². The number of nitrogens with zero attached hydrogens (tertiary/aromatic N) is 3. The van der Waals surface area contributed by atoms with Crippen molar-refractivity contribution in [1.29, 1.82) is 0 Å². The number of rotatable bonds is 7. The fourth-order valence-electron chi connectivity index (χ4n) is 3.10. The Labute approximate surface area is 184 Å². The molecule has 0 saturated carbocycles. The molecule has 1 aromatic heterocycles. The maximum absolute atomic E-state index is 14.3. The number of piperidine rings is 1. The number of hydrogen-bond acceptors (Lipinski definition) is 8. The number of benzene rings is 1. The van der Waals surface area contributed by atoms with E-state index >= 15 is 0 Å². The molecular formula is C20H23FN4O6S. The fourth-order valence-corrected chi connectivity index (χ4v) is 3.73. The molecule has 172 valence electrons. The maximum Gasteiger partial charge on any atom is 0.407 e. The van der Waals surface area contributed by atoms with E-state index in [1.54, 1.807) is 6.92 Å². The zero-order chi connectivity index (χ0) is 23.5. The summed E-state index contributed by atoms with van der Waals surface area (Å²) in [7, 11) is -3.54. The highest BCUT2D eigenvalue weighted by Gasteiger charge is 2.25. The Hall–Kier alpha value is -3.41. The fraction of sp³-hybridized carbons (Fsp3) is 0.350. The summed E-state index contributed by atoms with van der Waals surface area (Å²) in [4.78, 5) is 25.8. The summed E-state index contributed by atoms with van der Waals surface area (Å²) in [6.07, 6.45) is 2.15. The van der Waals surface area contributed by atoms with Crippen LogP contribution in [0.25, 0.3) is 5.70 Å². The van der Waals surface area contributed by atoms with Crippen molar-refractivity contribution in [3.63, 3.8) is 0 Å². The first-order chi connectivity index (χ1) is 15.1. The summed E-state index contributed by atoms with van der Waals surface area (Å²) in [5.74, 6) is -0.350. The lowest BCUT2D eigenvalue weighted by Crippen LogP contribution is -2.41. The van der Waals surface area contributed by atoms with Crippen molar-refractivity contribution in [3.05, 3.63) is 48.0 Å². The molecule has 1 fully saturated rings. The predicted octanol–water partition coefficient (Wildman–Crippen LogP) is 2.40. The summed E-state index contributed by atoms with van der Waals surface area (Å²) in [6, 6.07) is 3.47. The molecule has 1 aromatic carbocycles. The number of carboxylic acid groups (broad SMARTS) is 1. The third-order valence-corrected chi connectivity index (χ3v) is 6.06. The first-order valence-corrected chi connectivity index (χ1v) is 11.5. The van der Waals surface area contributed by atoms with Gasteiger partial charge in [0.25, 0.3) is 5.88 Å². The van der Waals surface area contributed by atoms with Gasteiger partial charge in [0, 0.05) is 37.8 Å². The number of ether oxygens (including phenoxy) is 1. The number of halogens is 1. The van der Waals surface area contributed by atoms with E-state index in [0.717, 1.165) is 12.3 Å². The minimum absolute atomic E-state index is 0.0331. The molecule has 2 aromatic rings. The molecule has 2 heterocycles. The maximum atomic E-state index is 14.3. The molecule has 0 aliphatic carbocycles. The molecule has 0 spiro atoms. The molecular weight excluding hydrogens is 443 g/mol. The molecule has 0 radical (unpaired) electrons. The molecule has 1 amide bonds. The second kappa shape index (κ2) is 9.39. The lowest BCUT2D eigenvalue weighted by molar-refractivity contribution is 0.0861. The van der Waals surface area contributed by atoms with E-state index in [2.05, 4.69) is 22.0 Å². The topological polar surface area (TPSA) is 131 Å². The molecule has 1 saturated heterocycles. The van der Waals surface area contributed by atoms with Gasteiger partial charge in [0.2, 0.25) is 5.88 Å². The summed E-state index contributed by atoms with van der Waals surface area (Å²) in [5.41, 5.74) is 3.08. The summed E-state index contributed by atoms with van der Waals surface area (Å²) in [5, 5.41) is 9.03. The van der Waals surface area contributed by atoms with Gasteiger partial charge in [-0.25, -0.2) is 28.1 Å². The third-order valence-electron chi connectivity index (χ3n) is 4.95. The molecule has 3 rings (SSSR count). The highest BCUT2D eigenvalue weighted by atomic mass is 32.2. The Morgan fingerprint density at radius 3 is 2.53 bits per heavy atom. The van der Waals surface area contributed by atoms with Crippen molar-refractivity contribution in [1.82, 2.24) is 20.3 Å². The van der Waals surface area contributed by atoms with Crippen molar-refractivity contribution in [2.24, 2.45) is 0 Å². The number of carbonyl (C=O) groups is 1. The Morgan fingerprint density at radius 1 is 1.28 bits per heavy atom. The van der Waals surface area contributed by atoms with Gasteiger partial charge in [-0.2, -0.15) is 4.98 Å². The van der Waals surface area contributed by atoms with Gasteiger partial charge >= 0.3 is 6.09 Å². The van der Waals surface area contributed by atoms with Crippen LogP contribution in [0, 0.1) is 12.7 Å². The highest BCUT2D eigenvalue weighted by Crippen LogP contribution is 2.26. The molecule has 12 heteroatoms. The van der Waals surface area contributed by atoms with Crippen molar-refractivity contribution in [3.8, 4) is 11.8 Å². The zero-order valence-corrected chi connectivity index (χ0v) is 18.4. The first kappa shape index (κ1) is 23.3. The van der Waals surface area contributed by atoms with Gasteiger partial charge in [-0.1, -0.05) is 6.58 Å². The molecule has 0 unspecified atom stereocenters. The molecule has 10 nitrogen and oxygen atoms in total. The Bertz CT molecular complexity index is 1130. The third kappa shape index (κ3) is 5.44. The van der Waals surface area contributed by atoms with Crippen LogP contribution in [0.4, 0.5) is 9.18 Å². The lowest BCUT2D eigenvalue weighted by atomic mass is 10.1. The number of nitrogens with one attached hydrogen (secondary N) is 1. The van der Waals surface area contributed by atoms with E-state index < -0.39 is 21.7 Å². The van der Waals surface area contributed by atoms with E-state index in [1.165, 1.54) is 23.4 Å². The molecule has 32 heavy (non-hydrogen) atoms. The molecule has 2 N–H and O–H groups in total. The van der Waals surface area contributed by atoms with E-state index in [4.69, 9.17) is 14.7 Å². The number of sulfone groups is 1. The smallest absolute Gasteiger partial charge is 0.407 e. The molecule has 0 bridgehead atoms. The van der Waals surface area contributed by atoms with Gasteiger partial charge in [-0.05, 0) is 25.1 Å².